The van der Waals surface area contributed by atoms with Crippen molar-refractivity contribution in [3.05, 3.63) is 0 Å². The smallest absolute Gasteiger partial charge is 0.156 e. The molecule has 1 unspecified atom stereocenters. The highest BCUT2D eigenvalue weighted by Crippen LogP contribution is 2.30. The van der Waals surface area contributed by atoms with Gasteiger partial charge in [0.15, 0.2) is 5.17 Å². The zero-order valence-corrected chi connectivity index (χ0v) is 14.4. The highest BCUT2D eigenvalue weighted by atomic mass is 32.2. The molecule has 19 heavy (non-hydrogen) atoms. The molecule has 0 aromatic heterocycles. The average Bonchev–Trinajstić information content (AvgIpc) is 2.88. The monoisotopic (exact) mass is 302 g/mol. The minimum absolute atomic E-state index is 0.721. The summed E-state index contributed by atoms with van der Waals surface area (Å²) in [7, 11) is 0. The second-order valence-electron chi connectivity index (χ2n) is 5.21. The van der Waals surface area contributed by atoms with Crippen molar-refractivity contribution in [3.63, 3.8) is 0 Å². The van der Waals surface area contributed by atoms with Gasteiger partial charge in [0.05, 0.1) is 6.54 Å². The molecule has 0 aliphatic carbocycles. The van der Waals surface area contributed by atoms with Crippen LogP contribution in [-0.4, -0.2) is 35.5 Å². The maximum atomic E-state index is 4.65. The van der Waals surface area contributed by atoms with Gasteiger partial charge in [-0.05, 0) is 30.8 Å². The van der Waals surface area contributed by atoms with Gasteiger partial charge in [0.1, 0.15) is 0 Å². The van der Waals surface area contributed by atoms with Gasteiger partial charge >= 0.3 is 0 Å². The zero-order chi connectivity index (χ0) is 13.9. The Morgan fingerprint density at radius 2 is 2.00 bits per heavy atom. The number of unbranched alkanes of at least 4 members (excludes halogenated alkanes) is 3. The van der Waals surface area contributed by atoms with E-state index in [9.17, 15) is 0 Å². The van der Waals surface area contributed by atoms with E-state index in [0.29, 0.717) is 0 Å². The third-order valence-corrected chi connectivity index (χ3v) is 5.83. The molecule has 1 aliphatic rings. The first-order valence-corrected chi connectivity index (χ1v) is 10.0. The van der Waals surface area contributed by atoms with Crippen molar-refractivity contribution in [2.45, 2.75) is 57.6 Å². The van der Waals surface area contributed by atoms with Gasteiger partial charge in [0.2, 0.25) is 0 Å². The van der Waals surface area contributed by atoms with Crippen LogP contribution >= 0.6 is 23.5 Å². The van der Waals surface area contributed by atoms with Crippen molar-refractivity contribution in [2.75, 3.05) is 25.1 Å². The third kappa shape index (κ3) is 6.94. The molecule has 0 spiro atoms. The SMILES string of the molecule is CCC(CC)C1CN=C(NCCCCCCSC)S1. The topological polar surface area (TPSA) is 24.4 Å². The molecule has 0 saturated heterocycles. The predicted octanol–water partition coefficient (Wildman–Crippen LogP) is 4.41. The van der Waals surface area contributed by atoms with Crippen LogP contribution in [-0.2, 0) is 0 Å². The number of amidine groups is 1. The Kier molecular flexibility index (Phi) is 9.88. The lowest BCUT2D eigenvalue weighted by Gasteiger charge is -2.18. The van der Waals surface area contributed by atoms with Crippen LogP contribution in [0.15, 0.2) is 4.99 Å². The predicted molar refractivity (Wildman–Crippen MR) is 92.6 cm³/mol. The summed E-state index contributed by atoms with van der Waals surface area (Å²) >= 11 is 3.93. The molecule has 0 bridgehead atoms. The van der Waals surface area contributed by atoms with E-state index in [1.165, 1.54) is 49.4 Å². The van der Waals surface area contributed by atoms with Crippen LogP contribution in [0, 0.1) is 5.92 Å². The van der Waals surface area contributed by atoms with Crippen LogP contribution in [0.5, 0.6) is 0 Å². The van der Waals surface area contributed by atoms with E-state index >= 15 is 0 Å². The fourth-order valence-electron chi connectivity index (χ4n) is 2.47. The number of rotatable bonds is 10. The van der Waals surface area contributed by atoms with E-state index in [-0.39, 0.29) is 0 Å². The van der Waals surface area contributed by atoms with Crippen molar-refractivity contribution >= 4 is 28.7 Å². The van der Waals surface area contributed by atoms with Gasteiger partial charge in [-0.25, -0.2) is 0 Å². The molecule has 112 valence electrons. The Morgan fingerprint density at radius 3 is 2.68 bits per heavy atom. The molecule has 0 radical (unpaired) electrons. The van der Waals surface area contributed by atoms with Crippen LogP contribution in [0.1, 0.15) is 52.4 Å². The number of nitrogens with one attached hydrogen (secondary N) is 1. The lowest BCUT2D eigenvalue weighted by molar-refractivity contribution is 0.479. The summed E-state index contributed by atoms with van der Waals surface area (Å²) in [6.45, 7) is 6.72. The first-order chi connectivity index (χ1) is 9.31. The first-order valence-electron chi connectivity index (χ1n) is 7.75. The lowest BCUT2D eigenvalue weighted by atomic mass is 9.99. The Morgan fingerprint density at radius 1 is 1.26 bits per heavy atom. The van der Waals surface area contributed by atoms with Crippen LogP contribution in [0.3, 0.4) is 0 Å². The molecular weight excluding hydrogens is 272 g/mol. The molecule has 1 aliphatic heterocycles. The standard InChI is InChI=1S/C15H30N2S2/c1-4-13(5-2)14-12-17-15(19-14)16-10-8-6-7-9-11-18-3/h13-14H,4-12H2,1-3H3,(H,16,17). The van der Waals surface area contributed by atoms with Gasteiger partial charge in [-0.1, -0.05) is 51.3 Å². The summed E-state index contributed by atoms with van der Waals surface area (Å²) in [4.78, 5) is 4.65. The highest BCUT2D eigenvalue weighted by Gasteiger charge is 2.25. The summed E-state index contributed by atoms with van der Waals surface area (Å²) in [5.41, 5.74) is 0. The largest absolute Gasteiger partial charge is 0.365 e. The van der Waals surface area contributed by atoms with E-state index in [4.69, 9.17) is 0 Å². The second-order valence-corrected chi connectivity index (χ2v) is 7.43. The fourth-order valence-corrected chi connectivity index (χ4v) is 4.31. The van der Waals surface area contributed by atoms with E-state index in [2.05, 4.69) is 30.4 Å². The molecule has 2 nitrogen and oxygen atoms in total. The van der Waals surface area contributed by atoms with Crippen molar-refractivity contribution in [1.82, 2.24) is 5.32 Å². The lowest BCUT2D eigenvalue weighted by Crippen LogP contribution is -2.22. The summed E-state index contributed by atoms with van der Waals surface area (Å²) in [6.07, 6.45) is 10.1. The first kappa shape index (κ1) is 17.2. The zero-order valence-electron chi connectivity index (χ0n) is 12.8. The number of thioether (sulfide) groups is 2. The maximum absolute atomic E-state index is 4.65. The van der Waals surface area contributed by atoms with Crippen molar-refractivity contribution in [1.29, 1.82) is 0 Å². The normalized spacial score (nSPS) is 18.9. The summed E-state index contributed by atoms with van der Waals surface area (Å²) in [5, 5.41) is 5.43. The van der Waals surface area contributed by atoms with Crippen LogP contribution in [0.2, 0.25) is 0 Å². The molecule has 0 aromatic rings. The average molecular weight is 303 g/mol. The Balaban J connectivity index is 2.02. The summed E-state index contributed by atoms with van der Waals surface area (Å²) in [5.74, 6) is 2.15. The van der Waals surface area contributed by atoms with Gasteiger partial charge in [0, 0.05) is 11.8 Å². The fraction of sp³-hybridized carbons (Fsp3) is 0.933. The van der Waals surface area contributed by atoms with Crippen molar-refractivity contribution in [3.8, 4) is 0 Å². The van der Waals surface area contributed by atoms with Gasteiger partial charge in [0.25, 0.3) is 0 Å². The van der Waals surface area contributed by atoms with Gasteiger partial charge < -0.3 is 5.32 Å². The second kappa shape index (κ2) is 10.9. The van der Waals surface area contributed by atoms with Crippen molar-refractivity contribution < 1.29 is 0 Å². The molecule has 0 aromatic carbocycles. The number of hydrogen-bond acceptors (Lipinski definition) is 4. The summed E-state index contributed by atoms with van der Waals surface area (Å²) < 4.78 is 0. The number of aliphatic imine (C=N–C) groups is 1. The molecular formula is C15H30N2S2. The van der Waals surface area contributed by atoms with Gasteiger partial charge in [-0.2, -0.15) is 11.8 Å². The van der Waals surface area contributed by atoms with E-state index < -0.39 is 0 Å². The molecule has 0 saturated carbocycles. The number of nitrogens with zero attached hydrogens (tertiary/aromatic N) is 1. The quantitative estimate of drug-likeness (QED) is 0.605. The molecule has 0 fully saturated rings. The number of hydrogen-bond donors (Lipinski definition) is 1. The van der Waals surface area contributed by atoms with Crippen LogP contribution in [0.4, 0.5) is 0 Å². The molecule has 1 atom stereocenters. The maximum Gasteiger partial charge on any atom is 0.156 e. The molecule has 0 amide bonds. The van der Waals surface area contributed by atoms with E-state index in [1.54, 1.807) is 0 Å². The minimum Gasteiger partial charge on any atom is -0.365 e. The minimum atomic E-state index is 0.721. The molecule has 1 rings (SSSR count). The van der Waals surface area contributed by atoms with E-state index in [0.717, 1.165) is 24.3 Å². The Bertz CT molecular complexity index is 253. The highest BCUT2D eigenvalue weighted by molar-refractivity contribution is 8.14. The van der Waals surface area contributed by atoms with Gasteiger partial charge in [-0.15, -0.1) is 0 Å². The molecule has 1 heterocycles. The Hall–Kier alpha value is 0.170. The summed E-state index contributed by atoms with van der Waals surface area (Å²) in [6, 6.07) is 0. The van der Waals surface area contributed by atoms with Crippen molar-refractivity contribution in [2.24, 2.45) is 10.9 Å². The van der Waals surface area contributed by atoms with E-state index in [1.807, 2.05) is 23.5 Å². The van der Waals surface area contributed by atoms with Gasteiger partial charge in [-0.3, -0.25) is 4.99 Å². The molecule has 1 N–H and O–H groups in total. The third-order valence-electron chi connectivity index (χ3n) is 3.80. The molecule has 4 heteroatoms. The van der Waals surface area contributed by atoms with Crippen LogP contribution < -0.4 is 5.32 Å². The Labute approximate surface area is 128 Å². The van der Waals surface area contributed by atoms with Crippen LogP contribution in [0.25, 0.3) is 0 Å².